The van der Waals surface area contributed by atoms with Crippen LogP contribution in [0.2, 0.25) is 0 Å². The van der Waals surface area contributed by atoms with Crippen molar-refractivity contribution >= 4 is 28.8 Å². The SMILES string of the molecule is CC[C@@H](C)[C@@H](NC(=O)c1cn2ccc(C)cc2n1)C(=O)Nc1cccc(N2CCCC2)c1. The van der Waals surface area contributed by atoms with E-state index in [0.29, 0.717) is 11.3 Å². The molecule has 1 aliphatic heterocycles. The molecular weight excluding hydrogens is 402 g/mol. The Balaban J connectivity index is 1.49. The van der Waals surface area contributed by atoms with E-state index < -0.39 is 6.04 Å². The largest absolute Gasteiger partial charge is 0.371 e. The lowest BCUT2D eigenvalue weighted by atomic mass is 9.98. The molecule has 7 nitrogen and oxygen atoms in total. The number of rotatable bonds is 7. The number of nitrogens with one attached hydrogen (secondary N) is 2. The fourth-order valence-electron chi connectivity index (χ4n) is 4.09. The molecule has 1 fully saturated rings. The number of carbonyl (C=O) groups excluding carboxylic acids is 2. The van der Waals surface area contributed by atoms with Crippen molar-refractivity contribution in [2.24, 2.45) is 5.92 Å². The van der Waals surface area contributed by atoms with Gasteiger partial charge in [-0.2, -0.15) is 0 Å². The molecule has 2 aromatic heterocycles. The lowest BCUT2D eigenvalue weighted by molar-refractivity contribution is -0.119. The third-order valence-electron chi connectivity index (χ3n) is 6.22. The molecule has 0 radical (unpaired) electrons. The molecule has 7 heteroatoms. The summed E-state index contributed by atoms with van der Waals surface area (Å²) in [5, 5.41) is 5.92. The lowest BCUT2D eigenvalue weighted by Gasteiger charge is -2.24. The minimum Gasteiger partial charge on any atom is -0.371 e. The first-order chi connectivity index (χ1) is 15.4. The molecular formula is C25H31N5O2. The van der Waals surface area contributed by atoms with Gasteiger partial charge in [0.25, 0.3) is 5.91 Å². The Labute approximate surface area is 188 Å². The van der Waals surface area contributed by atoms with Gasteiger partial charge >= 0.3 is 0 Å². The molecule has 0 saturated carbocycles. The second-order valence-electron chi connectivity index (χ2n) is 8.67. The molecule has 1 aromatic carbocycles. The van der Waals surface area contributed by atoms with Crippen molar-refractivity contribution in [3.63, 3.8) is 0 Å². The van der Waals surface area contributed by atoms with Crippen molar-refractivity contribution in [3.8, 4) is 0 Å². The summed E-state index contributed by atoms with van der Waals surface area (Å²) in [7, 11) is 0. The van der Waals surface area contributed by atoms with E-state index in [9.17, 15) is 9.59 Å². The van der Waals surface area contributed by atoms with Crippen molar-refractivity contribution in [2.75, 3.05) is 23.3 Å². The van der Waals surface area contributed by atoms with E-state index in [0.717, 1.165) is 36.4 Å². The Kier molecular flexibility index (Phi) is 6.44. The monoisotopic (exact) mass is 433 g/mol. The predicted molar refractivity (Wildman–Crippen MR) is 127 cm³/mol. The Morgan fingerprint density at radius 1 is 1.16 bits per heavy atom. The van der Waals surface area contributed by atoms with E-state index in [2.05, 4.69) is 26.6 Å². The van der Waals surface area contributed by atoms with Gasteiger partial charge in [-0.1, -0.05) is 26.3 Å². The number of aryl methyl sites for hydroxylation is 1. The lowest BCUT2D eigenvalue weighted by Crippen LogP contribution is -2.47. The highest BCUT2D eigenvalue weighted by Gasteiger charge is 2.27. The number of fused-ring (bicyclic) bond motifs is 1. The number of imidazole rings is 1. The highest BCUT2D eigenvalue weighted by atomic mass is 16.2. The van der Waals surface area contributed by atoms with Crippen molar-refractivity contribution in [1.29, 1.82) is 0 Å². The summed E-state index contributed by atoms with van der Waals surface area (Å²) in [5.74, 6) is -0.594. The Hall–Kier alpha value is -3.35. The van der Waals surface area contributed by atoms with Crippen LogP contribution in [0, 0.1) is 12.8 Å². The number of anilines is 2. The van der Waals surface area contributed by atoms with Crippen molar-refractivity contribution in [2.45, 2.75) is 46.1 Å². The van der Waals surface area contributed by atoms with Gasteiger partial charge in [0.2, 0.25) is 5.91 Å². The molecule has 1 aliphatic rings. The summed E-state index contributed by atoms with van der Waals surface area (Å²) in [4.78, 5) is 32.9. The number of hydrogen-bond acceptors (Lipinski definition) is 4. The van der Waals surface area contributed by atoms with Crippen LogP contribution < -0.4 is 15.5 Å². The molecule has 0 aliphatic carbocycles. The third-order valence-corrected chi connectivity index (χ3v) is 6.22. The van der Waals surface area contributed by atoms with Crippen LogP contribution in [0.5, 0.6) is 0 Å². The molecule has 4 rings (SSSR count). The quantitative estimate of drug-likeness (QED) is 0.590. The van der Waals surface area contributed by atoms with Crippen LogP contribution in [0.25, 0.3) is 5.65 Å². The van der Waals surface area contributed by atoms with Crippen LogP contribution in [0.15, 0.2) is 48.8 Å². The van der Waals surface area contributed by atoms with Crippen LogP contribution in [0.4, 0.5) is 11.4 Å². The molecule has 32 heavy (non-hydrogen) atoms. The van der Waals surface area contributed by atoms with Crippen molar-refractivity contribution < 1.29 is 9.59 Å². The zero-order valence-corrected chi connectivity index (χ0v) is 19.0. The van der Waals surface area contributed by atoms with Gasteiger partial charge in [-0.05, 0) is 61.6 Å². The number of hydrogen-bond donors (Lipinski definition) is 2. The summed E-state index contributed by atoms with van der Waals surface area (Å²) in [6.07, 6.45) is 6.72. The van der Waals surface area contributed by atoms with E-state index in [-0.39, 0.29) is 17.7 Å². The second kappa shape index (κ2) is 9.42. The van der Waals surface area contributed by atoms with Crippen molar-refractivity contribution in [1.82, 2.24) is 14.7 Å². The van der Waals surface area contributed by atoms with Crippen LogP contribution in [0.1, 0.15) is 49.2 Å². The van der Waals surface area contributed by atoms with Crippen molar-refractivity contribution in [3.05, 3.63) is 60.0 Å². The summed E-state index contributed by atoms with van der Waals surface area (Å²) in [6, 6.07) is 11.1. The average molecular weight is 434 g/mol. The number of aromatic nitrogens is 2. The minimum absolute atomic E-state index is 0.0278. The van der Waals surface area contributed by atoms with Crippen LogP contribution in [-0.2, 0) is 4.79 Å². The van der Waals surface area contributed by atoms with Gasteiger partial charge in [0, 0.05) is 36.9 Å². The van der Waals surface area contributed by atoms with Gasteiger partial charge in [-0.25, -0.2) is 4.98 Å². The standard InChI is InChI=1S/C25H31N5O2/c1-4-18(3)23(28-24(31)21-16-30-13-10-17(2)14-22(30)27-21)25(32)26-19-8-7-9-20(15-19)29-11-5-6-12-29/h7-10,13-16,18,23H,4-6,11-12H2,1-3H3,(H,26,32)(H,28,31)/t18-,23-/m1/s1. The second-order valence-corrected chi connectivity index (χ2v) is 8.67. The Bertz CT molecular complexity index is 1120. The van der Waals surface area contributed by atoms with Crippen LogP contribution in [-0.4, -0.2) is 40.3 Å². The average Bonchev–Trinajstić information content (AvgIpc) is 3.46. The highest BCUT2D eigenvalue weighted by Crippen LogP contribution is 2.24. The molecule has 3 heterocycles. The Morgan fingerprint density at radius 3 is 2.69 bits per heavy atom. The molecule has 0 bridgehead atoms. The maximum atomic E-state index is 13.2. The Morgan fingerprint density at radius 2 is 1.94 bits per heavy atom. The normalized spacial score (nSPS) is 15.5. The summed E-state index contributed by atoms with van der Waals surface area (Å²) in [5.41, 5.74) is 3.93. The van der Waals surface area contributed by atoms with Gasteiger partial charge in [-0.15, -0.1) is 0 Å². The van der Waals surface area contributed by atoms with E-state index >= 15 is 0 Å². The van der Waals surface area contributed by atoms with Gasteiger partial charge in [0.05, 0.1) is 0 Å². The highest BCUT2D eigenvalue weighted by molar-refractivity contribution is 6.01. The molecule has 2 atom stereocenters. The van der Waals surface area contributed by atoms with Gasteiger partial charge in [0.1, 0.15) is 17.4 Å². The van der Waals surface area contributed by atoms with Crippen LogP contribution in [0.3, 0.4) is 0 Å². The summed E-state index contributed by atoms with van der Waals surface area (Å²) < 4.78 is 1.81. The third kappa shape index (κ3) is 4.77. The minimum atomic E-state index is -0.658. The van der Waals surface area contributed by atoms with E-state index in [1.807, 2.05) is 61.7 Å². The zero-order chi connectivity index (χ0) is 22.7. The van der Waals surface area contributed by atoms with Crippen LogP contribution >= 0.6 is 0 Å². The molecule has 0 spiro atoms. The number of pyridine rings is 1. The van der Waals surface area contributed by atoms with Gasteiger partial charge < -0.3 is 19.9 Å². The predicted octanol–water partition coefficient (Wildman–Crippen LogP) is 4.03. The number of nitrogens with zero attached hydrogens (tertiary/aromatic N) is 3. The van der Waals surface area contributed by atoms with E-state index in [1.165, 1.54) is 12.8 Å². The fraction of sp³-hybridized carbons (Fsp3) is 0.400. The topological polar surface area (TPSA) is 78.7 Å². The van der Waals surface area contributed by atoms with Gasteiger partial charge in [0.15, 0.2) is 0 Å². The molecule has 3 aromatic rings. The molecule has 2 amide bonds. The zero-order valence-electron chi connectivity index (χ0n) is 19.0. The van der Waals surface area contributed by atoms with Gasteiger partial charge in [-0.3, -0.25) is 9.59 Å². The molecule has 2 N–H and O–H groups in total. The molecule has 0 unspecified atom stereocenters. The maximum Gasteiger partial charge on any atom is 0.272 e. The molecule has 168 valence electrons. The number of carbonyl (C=O) groups is 2. The smallest absolute Gasteiger partial charge is 0.272 e. The maximum absolute atomic E-state index is 13.2. The summed E-state index contributed by atoms with van der Waals surface area (Å²) in [6.45, 7) is 8.05. The first-order valence-corrected chi connectivity index (χ1v) is 11.4. The van der Waals surface area contributed by atoms with E-state index in [4.69, 9.17) is 0 Å². The number of amides is 2. The number of benzene rings is 1. The fourth-order valence-corrected chi connectivity index (χ4v) is 4.09. The molecule has 1 saturated heterocycles. The van der Waals surface area contributed by atoms with E-state index in [1.54, 1.807) is 6.20 Å². The summed E-state index contributed by atoms with van der Waals surface area (Å²) >= 11 is 0. The first-order valence-electron chi connectivity index (χ1n) is 11.4. The first kappa shape index (κ1) is 21.9.